The molecule has 3 aliphatic rings. The lowest BCUT2D eigenvalue weighted by molar-refractivity contribution is -0.142. The molecular weight excluding hydrogens is 426 g/mol. The van der Waals surface area contributed by atoms with Crippen LogP contribution >= 0.6 is 0 Å². The molecule has 31 heavy (non-hydrogen) atoms. The van der Waals surface area contributed by atoms with Gasteiger partial charge in [-0.3, -0.25) is 4.79 Å². The minimum Gasteiger partial charge on any atom is -0.381 e. The molecular formula is C20H29N3O7S. The van der Waals surface area contributed by atoms with Gasteiger partial charge in [-0.15, -0.1) is 0 Å². The van der Waals surface area contributed by atoms with E-state index in [2.05, 4.69) is 10.6 Å². The summed E-state index contributed by atoms with van der Waals surface area (Å²) in [4.78, 5) is 12.8. The molecule has 10 nitrogen and oxygen atoms in total. The zero-order valence-electron chi connectivity index (χ0n) is 17.4. The average molecular weight is 456 g/mol. The van der Waals surface area contributed by atoms with Gasteiger partial charge in [0.15, 0.2) is 6.10 Å². The van der Waals surface area contributed by atoms with Crippen molar-refractivity contribution in [3.63, 3.8) is 0 Å². The first-order chi connectivity index (χ1) is 15.0. The van der Waals surface area contributed by atoms with Crippen molar-refractivity contribution in [2.45, 2.75) is 29.9 Å². The molecule has 0 spiro atoms. The highest BCUT2D eigenvalue weighted by atomic mass is 32.2. The number of hydrogen-bond donors (Lipinski definition) is 2. The number of nitrogens with one attached hydrogen (secondary N) is 2. The number of rotatable bonds is 7. The molecule has 0 radical (unpaired) electrons. The third kappa shape index (κ3) is 5.54. The predicted molar refractivity (Wildman–Crippen MR) is 113 cm³/mol. The van der Waals surface area contributed by atoms with E-state index in [1.807, 2.05) is 0 Å². The van der Waals surface area contributed by atoms with Crippen LogP contribution in [0.15, 0.2) is 23.1 Å². The fourth-order valence-electron chi connectivity index (χ4n) is 3.76. The van der Waals surface area contributed by atoms with Crippen LogP contribution in [0, 0.1) is 0 Å². The molecule has 1 aromatic rings. The van der Waals surface area contributed by atoms with Crippen molar-refractivity contribution in [3.05, 3.63) is 18.2 Å². The Labute approximate surface area is 182 Å². The van der Waals surface area contributed by atoms with E-state index < -0.39 is 16.1 Å². The maximum Gasteiger partial charge on any atom is 0.255 e. The zero-order chi connectivity index (χ0) is 21.7. The minimum atomic E-state index is -3.70. The summed E-state index contributed by atoms with van der Waals surface area (Å²) in [5.74, 6) is -0.374. The summed E-state index contributed by atoms with van der Waals surface area (Å²) in [6, 6.07) is 4.72. The van der Waals surface area contributed by atoms with E-state index >= 15 is 0 Å². The first-order valence-corrected chi connectivity index (χ1v) is 12.1. The number of ether oxygens (including phenoxy) is 4. The van der Waals surface area contributed by atoms with Gasteiger partial charge >= 0.3 is 0 Å². The molecule has 3 aliphatic heterocycles. The van der Waals surface area contributed by atoms with Crippen molar-refractivity contribution >= 4 is 27.3 Å². The summed E-state index contributed by atoms with van der Waals surface area (Å²) in [5, 5.41) is 6.10. The second-order valence-electron chi connectivity index (χ2n) is 7.66. The number of benzene rings is 1. The maximum atomic E-state index is 13.1. The van der Waals surface area contributed by atoms with Gasteiger partial charge < -0.3 is 29.6 Å². The number of carbonyl (C=O) groups is 1. The van der Waals surface area contributed by atoms with Crippen LogP contribution in [-0.2, 0) is 33.8 Å². The molecule has 172 valence electrons. The molecule has 0 saturated carbocycles. The Morgan fingerprint density at radius 3 is 2.58 bits per heavy atom. The summed E-state index contributed by atoms with van der Waals surface area (Å²) in [5.41, 5.74) is 1.01. The molecule has 2 N–H and O–H groups in total. The normalized spacial score (nSPS) is 25.3. The number of carbonyl (C=O) groups excluding carboxylic acids is 1. The molecule has 4 rings (SSSR count). The fourth-order valence-corrected chi connectivity index (χ4v) is 5.19. The smallest absolute Gasteiger partial charge is 0.255 e. The number of morpholine rings is 1. The Morgan fingerprint density at radius 2 is 1.87 bits per heavy atom. The minimum absolute atomic E-state index is 0.0930. The second kappa shape index (κ2) is 10.2. The van der Waals surface area contributed by atoms with Crippen LogP contribution in [0.2, 0.25) is 0 Å². The van der Waals surface area contributed by atoms with E-state index in [0.717, 1.165) is 19.4 Å². The fraction of sp³-hybridized carbons (Fsp3) is 0.650. The van der Waals surface area contributed by atoms with Crippen LogP contribution in [0.3, 0.4) is 0 Å². The van der Waals surface area contributed by atoms with E-state index in [0.29, 0.717) is 57.4 Å². The van der Waals surface area contributed by atoms with E-state index in [-0.39, 0.29) is 23.5 Å². The Balaban J connectivity index is 1.55. The van der Waals surface area contributed by atoms with Gasteiger partial charge in [-0.1, -0.05) is 0 Å². The highest BCUT2D eigenvalue weighted by molar-refractivity contribution is 7.89. The van der Waals surface area contributed by atoms with Crippen LogP contribution in [0.1, 0.15) is 12.8 Å². The highest BCUT2D eigenvalue weighted by Gasteiger charge is 2.28. The molecule has 2 atom stereocenters. The van der Waals surface area contributed by atoms with E-state index in [4.69, 9.17) is 18.9 Å². The van der Waals surface area contributed by atoms with Crippen LogP contribution < -0.4 is 10.6 Å². The van der Waals surface area contributed by atoms with Gasteiger partial charge in [-0.2, -0.15) is 4.31 Å². The number of sulfonamides is 1. The second-order valence-corrected chi connectivity index (χ2v) is 9.60. The van der Waals surface area contributed by atoms with Gasteiger partial charge in [-0.05, 0) is 31.0 Å². The third-order valence-electron chi connectivity index (χ3n) is 5.51. The van der Waals surface area contributed by atoms with Crippen LogP contribution in [-0.4, -0.2) is 90.1 Å². The Morgan fingerprint density at radius 1 is 1.03 bits per heavy atom. The molecule has 3 saturated heterocycles. The standard InChI is InChI=1S/C20H29N3O7S/c24-20(19-14-28-10-11-30-19)22-18-12-16(31(25,26)23-5-8-27-9-6-23)3-4-17(18)21-13-15-2-1-7-29-15/h3-4,12,15,19,21H,1-2,5-11,13-14H2,(H,22,24). The molecule has 3 heterocycles. The molecule has 2 unspecified atom stereocenters. The quantitative estimate of drug-likeness (QED) is 0.616. The summed E-state index contributed by atoms with van der Waals surface area (Å²) < 4.78 is 49.2. The molecule has 1 aromatic carbocycles. The van der Waals surface area contributed by atoms with Gasteiger partial charge in [-0.25, -0.2) is 8.42 Å². The number of hydrogen-bond acceptors (Lipinski definition) is 8. The monoisotopic (exact) mass is 455 g/mol. The summed E-state index contributed by atoms with van der Waals surface area (Å²) in [6.07, 6.45) is 1.34. The lowest BCUT2D eigenvalue weighted by atomic mass is 10.2. The summed E-state index contributed by atoms with van der Waals surface area (Å²) in [7, 11) is -3.70. The van der Waals surface area contributed by atoms with Gasteiger partial charge in [0.2, 0.25) is 10.0 Å². The Hall–Kier alpha value is -1.76. The topological polar surface area (TPSA) is 115 Å². The van der Waals surface area contributed by atoms with Crippen LogP contribution in [0.4, 0.5) is 11.4 Å². The first kappa shape index (κ1) is 22.4. The number of amides is 1. The summed E-state index contributed by atoms with van der Waals surface area (Å²) in [6.45, 7) is 3.60. The SMILES string of the molecule is O=C(Nc1cc(S(=O)(=O)N2CCOCC2)ccc1NCC1CCCO1)C1COCCO1. The van der Waals surface area contributed by atoms with Crippen LogP contribution in [0.25, 0.3) is 0 Å². The van der Waals surface area contributed by atoms with Gasteiger partial charge in [0.25, 0.3) is 5.91 Å². The summed E-state index contributed by atoms with van der Waals surface area (Å²) >= 11 is 0. The lowest BCUT2D eigenvalue weighted by Crippen LogP contribution is -2.40. The molecule has 0 aliphatic carbocycles. The highest BCUT2D eigenvalue weighted by Crippen LogP contribution is 2.29. The zero-order valence-corrected chi connectivity index (χ0v) is 18.2. The van der Waals surface area contributed by atoms with E-state index in [9.17, 15) is 13.2 Å². The Kier molecular flexibility index (Phi) is 7.41. The van der Waals surface area contributed by atoms with Crippen LogP contribution in [0.5, 0.6) is 0 Å². The van der Waals surface area contributed by atoms with Gasteiger partial charge in [0.05, 0.1) is 55.4 Å². The van der Waals surface area contributed by atoms with Crippen molar-refractivity contribution < 1.29 is 32.2 Å². The van der Waals surface area contributed by atoms with Crippen molar-refractivity contribution in [2.75, 3.05) is 69.9 Å². The largest absolute Gasteiger partial charge is 0.381 e. The van der Waals surface area contributed by atoms with E-state index in [1.165, 1.54) is 10.4 Å². The molecule has 3 fully saturated rings. The molecule has 0 bridgehead atoms. The Bertz CT molecular complexity index is 862. The lowest BCUT2D eigenvalue weighted by Gasteiger charge is -2.27. The van der Waals surface area contributed by atoms with Crippen molar-refractivity contribution in [2.24, 2.45) is 0 Å². The molecule has 11 heteroatoms. The van der Waals surface area contributed by atoms with Crippen molar-refractivity contribution in [1.82, 2.24) is 4.31 Å². The molecule has 1 amide bonds. The average Bonchev–Trinajstić information content (AvgIpc) is 3.33. The van der Waals surface area contributed by atoms with Gasteiger partial charge in [0.1, 0.15) is 0 Å². The predicted octanol–water partition coefficient (Wildman–Crippen LogP) is 0.652. The van der Waals surface area contributed by atoms with Gasteiger partial charge in [0, 0.05) is 26.2 Å². The number of anilines is 2. The van der Waals surface area contributed by atoms with E-state index in [1.54, 1.807) is 12.1 Å². The number of nitrogens with zero attached hydrogens (tertiary/aromatic N) is 1. The maximum absolute atomic E-state index is 13.1. The first-order valence-electron chi connectivity index (χ1n) is 10.6. The van der Waals surface area contributed by atoms with Crippen molar-refractivity contribution in [1.29, 1.82) is 0 Å². The molecule has 0 aromatic heterocycles. The van der Waals surface area contributed by atoms with Crippen molar-refractivity contribution in [3.8, 4) is 0 Å². The third-order valence-corrected chi connectivity index (χ3v) is 7.40.